The van der Waals surface area contributed by atoms with E-state index in [1.54, 1.807) is 0 Å². The minimum Gasteiger partial charge on any atom is -0.314 e. The third-order valence-corrected chi connectivity index (χ3v) is 3.69. The highest BCUT2D eigenvalue weighted by Crippen LogP contribution is 2.35. The van der Waals surface area contributed by atoms with Gasteiger partial charge in [-0.05, 0) is 19.9 Å². The molecule has 3 heteroatoms. The summed E-state index contributed by atoms with van der Waals surface area (Å²) >= 11 is 1.84. The molecule has 1 aromatic heterocycles. The normalized spacial score (nSPS) is 18.2. The zero-order valence-corrected chi connectivity index (χ0v) is 8.86. The molecule has 13 heavy (non-hydrogen) atoms. The highest BCUT2D eigenvalue weighted by molar-refractivity contribution is 7.09. The van der Waals surface area contributed by atoms with Crippen molar-refractivity contribution < 1.29 is 0 Å². The molecule has 1 aliphatic carbocycles. The first-order chi connectivity index (χ1) is 6.40. The maximum absolute atomic E-state index is 4.64. The highest BCUT2D eigenvalue weighted by atomic mass is 32.1. The highest BCUT2D eigenvalue weighted by Gasteiger charge is 2.19. The quantitative estimate of drug-likeness (QED) is 0.803. The number of nitrogens with one attached hydrogen (secondary N) is 1. The summed E-state index contributed by atoms with van der Waals surface area (Å²) in [6, 6.07) is 0. The van der Waals surface area contributed by atoms with Gasteiger partial charge in [-0.3, -0.25) is 0 Å². The summed E-state index contributed by atoms with van der Waals surface area (Å²) in [4.78, 5) is 4.64. The van der Waals surface area contributed by atoms with Crippen LogP contribution in [-0.2, 0) is 6.54 Å². The molecule has 0 radical (unpaired) electrons. The molecule has 0 unspecified atom stereocenters. The van der Waals surface area contributed by atoms with Gasteiger partial charge in [-0.1, -0.05) is 12.8 Å². The number of hydrogen-bond donors (Lipinski definition) is 1. The standard InChI is InChI=1S/C10H16N2S/c1-11-6-9-7-13-10(12-9)8-4-2-3-5-8/h7-8,11H,2-6H2,1H3. The first-order valence-corrected chi connectivity index (χ1v) is 5.87. The van der Waals surface area contributed by atoms with Crippen LogP contribution in [0.3, 0.4) is 0 Å². The molecule has 0 amide bonds. The second-order valence-electron chi connectivity index (χ2n) is 3.69. The van der Waals surface area contributed by atoms with Gasteiger partial charge in [0.15, 0.2) is 0 Å². The Hall–Kier alpha value is -0.410. The summed E-state index contributed by atoms with van der Waals surface area (Å²) in [5, 5.41) is 6.68. The summed E-state index contributed by atoms with van der Waals surface area (Å²) in [5.74, 6) is 0.774. The van der Waals surface area contributed by atoms with E-state index in [9.17, 15) is 0 Å². The van der Waals surface area contributed by atoms with Gasteiger partial charge in [0.05, 0.1) is 10.7 Å². The number of nitrogens with zero attached hydrogens (tertiary/aromatic N) is 1. The van der Waals surface area contributed by atoms with Crippen molar-refractivity contribution in [2.45, 2.75) is 38.1 Å². The van der Waals surface area contributed by atoms with Crippen LogP contribution in [0, 0.1) is 0 Å². The summed E-state index contributed by atoms with van der Waals surface area (Å²) in [7, 11) is 1.97. The molecule has 0 spiro atoms. The Labute approximate surface area is 83.4 Å². The molecule has 1 saturated carbocycles. The summed E-state index contributed by atoms with van der Waals surface area (Å²) < 4.78 is 0. The fourth-order valence-corrected chi connectivity index (χ4v) is 2.94. The van der Waals surface area contributed by atoms with Crippen LogP contribution in [0.5, 0.6) is 0 Å². The molecular formula is C10H16N2S. The summed E-state index contributed by atoms with van der Waals surface area (Å²) in [5.41, 5.74) is 1.20. The lowest BCUT2D eigenvalue weighted by Gasteiger charge is -2.02. The lowest BCUT2D eigenvalue weighted by atomic mass is 10.1. The van der Waals surface area contributed by atoms with Crippen LogP contribution in [0.2, 0.25) is 0 Å². The average Bonchev–Trinajstić information content (AvgIpc) is 2.70. The van der Waals surface area contributed by atoms with Gasteiger partial charge in [-0.2, -0.15) is 0 Å². The number of hydrogen-bond acceptors (Lipinski definition) is 3. The summed E-state index contributed by atoms with van der Waals surface area (Å²) in [6.07, 6.45) is 5.50. The fraction of sp³-hybridized carbons (Fsp3) is 0.700. The molecule has 2 nitrogen and oxygen atoms in total. The van der Waals surface area contributed by atoms with E-state index in [2.05, 4.69) is 15.7 Å². The molecule has 0 aromatic carbocycles. The van der Waals surface area contributed by atoms with Gasteiger partial charge in [-0.25, -0.2) is 4.98 Å². The van der Waals surface area contributed by atoms with E-state index in [1.807, 2.05) is 18.4 Å². The van der Waals surface area contributed by atoms with E-state index in [-0.39, 0.29) is 0 Å². The molecule has 1 aromatic rings. The Kier molecular flexibility index (Phi) is 2.96. The Bertz CT molecular complexity index is 264. The molecule has 1 fully saturated rings. The number of rotatable bonds is 3. The first kappa shape index (κ1) is 9.16. The zero-order chi connectivity index (χ0) is 9.10. The van der Waals surface area contributed by atoms with E-state index >= 15 is 0 Å². The predicted octanol–water partition coefficient (Wildman–Crippen LogP) is 2.52. The maximum atomic E-state index is 4.64. The van der Waals surface area contributed by atoms with Crippen LogP contribution >= 0.6 is 11.3 Å². The number of aromatic nitrogens is 1. The van der Waals surface area contributed by atoms with Crippen molar-refractivity contribution in [3.05, 3.63) is 16.1 Å². The van der Waals surface area contributed by atoms with Crippen LogP contribution in [0.25, 0.3) is 0 Å². The fourth-order valence-electron chi connectivity index (χ4n) is 1.95. The van der Waals surface area contributed by atoms with Crippen LogP contribution in [-0.4, -0.2) is 12.0 Å². The second kappa shape index (κ2) is 4.20. The van der Waals surface area contributed by atoms with Crippen molar-refractivity contribution in [3.8, 4) is 0 Å². The first-order valence-electron chi connectivity index (χ1n) is 4.99. The van der Waals surface area contributed by atoms with E-state index in [0.717, 1.165) is 12.5 Å². The van der Waals surface area contributed by atoms with Crippen LogP contribution < -0.4 is 5.32 Å². The molecule has 2 rings (SSSR count). The molecule has 0 saturated heterocycles. The molecule has 72 valence electrons. The van der Waals surface area contributed by atoms with E-state index in [0.29, 0.717) is 0 Å². The van der Waals surface area contributed by atoms with Crippen molar-refractivity contribution >= 4 is 11.3 Å². The Morgan fingerprint density at radius 1 is 1.54 bits per heavy atom. The van der Waals surface area contributed by atoms with E-state index in [1.165, 1.54) is 36.4 Å². The van der Waals surface area contributed by atoms with Crippen molar-refractivity contribution in [2.24, 2.45) is 0 Å². The van der Waals surface area contributed by atoms with Gasteiger partial charge in [-0.15, -0.1) is 11.3 Å². The van der Waals surface area contributed by atoms with Gasteiger partial charge in [0.1, 0.15) is 0 Å². The zero-order valence-electron chi connectivity index (χ0n) is 8.05. The van der Waals surface area contributed by atoms with Gasteiger partial charge < -0.3 is 5.32 Å². The molecule has 0 atom stereocenters. The van der Waals surface area contributed by atoms with Crippen molar-refractivity contribution in [3.63, 3.8) is 0 Å². The third kappa shape index (κ3) is 2.09. The van der Waals surface area contributed by atoms with Crippen molar-refractivity contribution in [1.29, 1.82) is 0 Å². The maximum Gasteiger partial charge on any atom is 0.0959 e. The van der Waals surface area contributed by atoms with E-state index in [4.69, 9.17) is 0 Å². The van der Waals surface area contributed by atoms with Crippen molar-refractivity contribution in [1.82, 2.24) is 10.3 Å². The van der Waals surface area contributed by atoms with Crippen molar-refractivity contribution in [2.75, 3.05) is 7.05 Å². The smallest absolute Gasteiger partial charge is 0.0959 e. The number of thiazole rings is 1. The monoisotopic (exact) mass is 196 g/mol. The molecule has 1 N–H and O–H groups in total. The molecule has 0 aliphatic heterocycles. The molecular weight excluding hydrogens is 180 g/mol. The Morgan fingerprint density at radius 2 is 2.31 bits per heavy atom. The Morgan fingerprint density at radius 3 is 3.00 bits per heavy atom. The van der Waals surface area contributed by atoms with E-state index < -0.39 is 0 Å². The lowest BCUT2D eigenvalue weighted by molar-refractivity contribution is 0.704. The van der Waals surface area contributed by atoms with Gasteiger partial charge in [0, 0.05) is 17.8 Å². The van der Waals surface area contributed by atoms with Crippen LogP contribution in [0.4, 0.5) is 0 Å². The average molecular weight is 196 g/mol. The van der Waals surface area contributed by atoms with Crippen LogP contribution in [0.15, 0.2) is 5.38 Å². The van der Waals surface area contributed by atoms with Gasteiger partial charge in [0.2, 0.25) is 0 Å². The Balaban J connectivity index is 2.03. The molecule has 1 aliphatic rings. The largest absolute Gasteiger partial charge is 0.314 e. The van der Waals surface area contributed by atoms with Gasteiger partial charge in [0.25, 0.3) is 0 Å². The lowest BCUT2D eigenvalue weighted by Crippen LogP contribution is -2.05. The molecule has 0 bridgehead atoms. The summed E-state index contributed by atoms with van der Waals surface area (Å²) in [6.45, 7) is 0.906. The molecule has 1 heterocycles. The minimum atomic E-state index is 0.774. The predicted molar refractivity (Wildman–Crippen MR) is 56.1 cm³/mol. The topological polar surface area (TPSA) is 24.9 Å². The second-order valence-corrected chi connectivity index (χ2v) is 4.58. The van der Waals surface area contributed by atoms with Crippen LogP contribution in [0.1, 0.15) is 42.3 Å². The SMILES string of the molecule is CNCc1csc(C2CCCC2)n1. The van der Waals surface area contributed by atoms with Gasteiger partial charge >= 0.3 is 0 Å². The minimum absolute atomic E-state index is 0.774. The third-order valence-electron chi connectivity index (χ3n) is 2.63.